The van der Waals surface area contributed by atoms with Crippen molar-refractivity contribution in [2.24, 2.45) is 0 Å². The number of nitrogens with zero attached hydrogens (tertiary/aromatic N) is 1. The molecule has 0 spiro atoms. The summed E-state index contributed by atoms with van der Waals surface area (Å²) in [5.41, 5.74) is 0.0331. The van der Waals surface area contributed by atoms with Gasteiger partial charge in [0.2, 0.25) is 0 Å². The Bertz CT molecular complexity index is 484. The monoisotopic (exact) mass is 295 g/mol. The summed E-state index contributed by atoms with van der Waals surface area (Å²) in [5, 5.41) is 10.8. The highest BCUT2D eigenvalue weighted by molar-refractivity contribution is 5.40. The van der Waals surface area contributed by atoms with Crippen molar-refractivity contribution >= 4 is 0 Å². The predicted octanol–water partition coefficient (Wildman–Crippen LogP) is 3.52. The highest BCUT2D eigenvalue weighted by Crippen LogP contribution is 2.42. The fourth-order valence-electron chi connectivity index (χ4n) is 3.34. The van der Waals surface area contributed by atoms with Gasteiger partial charge < -0.3 is 9.84 Å². The van der Waals surface area contributed by atoms with Gasteiger partial charge >= 0.3 is 0 Å². The van der Waals surface area contributed by atoms with E-state index in [1.54, 1.807) is 6.07 Å². The van der Waals surface area contributed by atoms with Crippen molar-refractivity contribution in [2.75, 3.05) is 13.1 Å². The van der Waals surface area contributed by atoms with Gasteiger partial charge in [-0.3, -0.25) is 4.90 Å². The van der Waals surface area contributed by atoms with E-state index in [4.69, 9.17) is 4.74 Å². The minimum Gasteiger partial charge on any atom is -0.486 e. The molecule has 0 aliphatic carbocycles. The number of benzene rings is 1. The third kappa shape index (κ3) is 3.22. The van der Waals surface area contributed by atoms with Crippen LogP contribution >= 0.6 is 0 Å². The topological polar surface area (TPSA) is 32.7 Å². The lowest BCUT2D eigenvalue weighted by Crippen LogP contribution is -2.58. The molecular weight excluding hydrogens is 269 g/mol. The van der Waals surface area contributed by atoms with Crippen LogP contribution in [0.1, 0.15) is 52.2 Å². The molecule has 1 aliphatic heterocycles. The number of aliphatic hydroxyl groups excluding tert-OH is 1. The van der Waals surface area contributed by atoms with Crippen LogP contribution in [0.2, 0.25) is 0 Å². The third-order valence-electron chi connectivity index (χ3n) is 4.09. The number of hydrogen-bond donors (Lipinski definition) is 1. The van der Waals surface area contributed by atoms with Crippen molar-refractivity contribution in [2.45, 2.75) is 58.3 Å². The number of rotatable bonds is 5. The van der Waals surface area contributed by atoms with Gasteiger partial charge in [0.1, 0.15) is 23.3 Å². The molecule has 0 aromatic heterocycles. The molecule has 2 unspecified atom stereocenters. The van der Waals surface area contributed by atoms with Crippen molar-refractivity contribution in [1.82, 2.24) is 4.90 Å². The Labute approximate surface area is 126 Å². The number of hydrogen-bond acceptors (Lipinski definition) is 3. The summed E-state index contributed by atoms with van der Waals surface area (Å²) in [6.07, 6.45) is 1.28. The van der Waals surface area contributed by atoms with Gasteiger partial charge in [0.15, 0.2) is 0 Å². The molecule has 1 heterocycles. The predicted molar refractivity (Wildman–Crippen MR) is 82.0 cm³/mol. The molecule has 0 saturated heterocycles. The molecule has 1 aliphatic rings. The normalized spacial score (nSPS) is 23.8. The summed E-state index contributed by atoms with van der Waals surface area (Å²) < 4.78 is 19.6. The van der Waals surface area contributed by atoms with Crippen LogP contribution in [-0.4, -0.2) is 34.7 Å². The zero-order valence-corrected chi connectivity index (χ0v) is 13.4. The Morgan fingerprint density at radius 3 is 2.43 bits per heavy atom. The molecule has 1 N–H and O–H groups in total. The average molecular weight is 295 g/mol. The van der Waals surface area contributed by atoms with E-state index in [0.717, 1.165) is 25.9 Å². The van der Waals surface area contributed by atoms with Crippen LogP contribution in [0.4, 0.5) is 4.39 Å². The first-order chi connectivity index (χ1) is 9.90. The Kier molecular flexibility index (Phi) is 4.89. The Morgan fingerprint density at radius 2 is 1.86 bits per heavy atom. The van der Waals surface area contributed by atoms with Gasteiger partial charge in [-0.25, -0.2) is 4.39 Å². The van der Waals surface area contributed by atoms with Crippen LogP contribution in [0.3, 0.4) is 0 Å². The number of aliphatic hydroxyl groups is 1. The zero-order chi connectivity index (χ0) is 15.6. The first-order valence-electron chi connectivity index (χ1n) is 7.81. The maximum Gasteiger partial charge on any atom is 0.126 e. The van der Waals surface area contributed by atoms with Gasteiger partial charge in [-0.05, 0) is 58.0 Å². The van der Waals surface area contributed by atoms with Crippen LogP contribution < -0.4 is 4.74 Å². The van der Waals surface area contributed by atoms with E-state index in [9.17, 15) is 9.50 Å². The summed E-state index contributed by atoms with van der Waals surface area (Å²) in [7, 11) is 0. The lowest BCUT2D eigenvalue weighted by molar-refractivity contribution is -0.0829. The van der Waals surface area contributed by atoms with Crippen molar-refractivity contribution in [1.29, 1.82) is 0 Å². The molecule has 21 heavy (non-hydrogen) atoms. The van der Waals surface area contributed by atoms with Crippen molar-refractivity contribution in [3.05, 3.63) is 29.6 Å². The SMILES string of the molecule is CCCN(CCC)C1C(O)c2cc(F)ccc2OC1(C)C. The molecule has 0 fully saturated rings. The molecule has 0 radical (unpaired) electrons. The number of halogens is 1. The second kappa shape index (κ2) is 6.32. The van der Waals surface area contributed by atoms with E-state index >= 15 is 0 Å². The minimum absolute atomic E-state index is 0.174. The summed E-state index contributed by atoms with van der Waals surface area (Å²) in [5.74, 6) is 0.241. The molecule has 4 heteroatoms. The highest BCUT2D eigenvalue weighted by atomic mass is 19.1. The quantitative estimate of drug-likeness (QED) is 0.902. The molecule has 0 amide bonds. The number of ether oxygens (including phenoxy) is 1. The second-order valence-electron chi connectivity index (χ2n) is 6.31. The van der Waals surface area contributed by atoms with Crippen LogP contribution in [0.5, 0.6) is 5.75 Å². The Balaban J connectivity index is 2.40. The molecule has 1 aromatic rings. The molecule has 0 saturated carbocycles. The van der Waals surface area contributed by atoms with Crippen molar-refractivity contribution in [3.63, 3.8) is 0 Å². The van der Waals surface area contributed by atoms with E-state index in [0.29, 0.717) is 11.3 Å². The molecule has 3 nitrogen and oxygen atoms in total. The fraction of sp³-hybridized carbons (Fsp3) is 0.647. The third-order valence-corrected chi connectivity index (χ3v) is 4.09. The zero-order valence-electron chi connectivity index (χ0n) is 13.4. The van der Waals surface area contributed by atoms with Crippen molar-refractivity contribution in [3.8, 4) is 5.75 Å². The smallest absolute Gasteiger partial charge is 0.126 e. The van der Waals surface area contributed by atoms with Gasteiger partial charge in [0, 0.05) is 5.56 Å². The molecule has 118 valence electrons. The molecular formula is C17H26FNO2. The minimum atomic E-state index is -0.738. The largest absolute Gasteiger partial charge is 0.486 e. The molecule has 2 atom stereocenters. The maximum absolute atomic E-state index is 13.5. The highest BCUT2D eigenvalue weighted by Gasteiger charge is 2.46. The van der Waals surface area contributed by atoms with Gasteiger partial charge in [0.05, 0.1) is 6.04 Å². The first-order valence-corrected chi connectivity index (χ1v) is 7.81. The summed E-state index contributed by atoms with van der Waals surface area (Å²) in [6.45, 7) is 10.0. The van der Waals surface area contributed by atoms with E-state index in [2.05, 4.69) is 18.7 Å². The fourth-order valence-corrected chi connectivity index (χ4v) is 3.34. The van der Waals surface area contributed by atoms with Crippen LogP contribution in [0.15, 0.2) is 18.2 Å². The molecule has 2 rings (SSSR count). The standard InChI is InChI=1S/C17H26FNO2/c1-5-9-19(10-6-2)16-15(20)13-11-12(18)7-8-14(13)21-17(16,3)4/h7-8,11,15-16,20H,5-6,9-10H2,1-4H3. The van der Waals surface area contributed by atoms with Crippen LogP contribution in [0, 0.1) is 5.82 Å². The molecule has 1 aromatic carbocycles. The van der Waals surface area contributed by atoms with E-state index < -0.39 is 11.7 Å². The summed E-state index contributed by atoms with van der Waals surface area (Å²) in [4.78, 5) is 2.26. The lowest BCUT2D eigenvalue weighted by Gasteiger charge is -2.48. The molecule has 0 bridgehead atoms. The van der Waals surface area contributed by atoms with Crippen LogP contribution in [-0.2, 0) is 0 Å². The van der Waals surface area contributed by atoms with E-state index in [1.807, 2.05) is 13.8 Å². The van der Waals surface area contributed by atoms with Crippen molar-refractivity contribution < 1.29 is 14.2 Å². The Morgan fingerprint density at radius 1 is 1.24 bits per heavy atom. The van der Waals surface area contributed by atoms with E-state index in [1.165, 1.54) is 12.1 Å². The van der Waals surface area contributed by atoms with E-state index in [-0.39, 0.29) is 11.9 Å². The summed E-state index contributed by atoms with van der Waals surface area (Å²) >= 11 is 0. The maximum atomic E-state index is 13.5. The number of fused-ring (bicyclic) bond motifs is 1. The van der Waals surface area contributed by atoms with Gasteiger partial charge in [0.25, 0.3) is 0 Å². The Hall–Kier alpha value is -1.13. The lowest BCUT2D eigenvalue weighted by atomic mass is 9.84. The van der Waals surface area contributed by atoms with Crippen LogP contribution in [0.25, 0.3) is 0 Å². The van der Waals surface area contributed by atoms with Gasteiger partial charge in [-0.15, -0.1) is 0 Å². The second-order valence-corrected chi connectivity index (χ2v) is 6.31. The van der Waals surface area contributed by atoms with Gasteiger partial charge in [-0.2, -0.15) is 0 Å². The summed E-state index contributed by atoms with van der Waals surface area (Å²) in [6, 6.07) is 4.19. The average Bonchev–Trinajstić information content (AvgIpc) is 2.40. The first kappa shape index (κ1) is 16.2. The van der Waals surface area contributed by atoms with Gasteiger partial charge in [-0.1, -0.05) is 13.8 Å².